The minimum Gasteiger partial charge on any atom is -0.505 e. The van der Waals surface area contributed by atoms with E-state index < -0.39 is 0 Å². The van der Waals surface area contributed by atoms with E-state index in [0.717, 1.165) is 0 Å². The van der Waals surface area contributed by atoms with Crippen molar-refractivity contribution in [3.8, 4) is 5.75 Å². The highest BCUT2D eigenvalue weighted by molar-refractivity contribution is 6.44. The molecule has 0 spiro atoms. The number of aromatic hydroxyl groups is 1. The lowest BCUT2D eigenvalue weighted by atomic mass is 10.3. The van der Waals surface area contributed by atoms with Crippen molar-refractivity contribution < 1.29 is 5.11 Å². The molecule has 0 aliphatic heterocycles. The molecule has 10 heavy (non-hydrogen) atoms. The predicted molar refractivity (Wildman–Crippen MR) is 43.1 cm³/mol. The zero-order valence-electron chi connectivity index (χ0n) is 5.70. The Balaban J connectivity index is 3.29. The molecule has 4 heteroatoms. The van der Waals surface area contributed by atoms with Crippen molar-refractivity contribution in [3.05, 3.63) is 27.2 Å². The first kappa shape index (κ1) is 6.59. The molecule has 1 N–H and O–H groups in total. The van der Waals surface area contributed by atoms with Crippen molar-refractivity contribution in [1.82, 2.24) is 0 Å². The fourth-order valence-electron chi connectivity index (χ4n) is 0.508. The maximum absolute atomic E-state index is 6.59. The lowest BCUT2D eigenvalue weighted by Gasteiger charge is -1.99. The van der Waals surface area contributed by atoms with Crippen LogP contribution in [0.5, 0.6) is 5.75 Å². The number of hydrogen-bond acceptors (Lipinski definition) is 1. The summed E-state index contributed by atoms with van der Waals surface area (Å²) in [5.41, 5.74) is 0. The summed E-state index contributed by atoms with van der Waals surface area (Å²) in [7, 11) is 0. The predicted octanol–water partition coefficient (Wildman–Crippen LogP) is 3.35. The summed E-state index contributed by atoms with van der Waals surface area (Å²) < 4.78 is 6.59. The van der Waals surface area contributed by atoms with Crippen LogP contribution < -0.4 is 0 Å². The Morgan fingerprint density at radius 3 is 2.30 bits per heavy atom. The van der Waals surface area contributed by atoms with E-state index in [9.17, 15) is 0 Å². The van der Waals surface area contributed by atoms with Crippen LogP contribution in [0.2, 0.25) is 15.1 Å². The highest BCUT2D eigenvalue weighted by Gasteiger charge is 2.06. The molecule has 0 saturated heterocycles. The van der Waals surface area contributed by atoms with Gasteiger partial charge < -0.3 is 5.11 Å². The second-order valence-corrected chi connectivity index (χ2v) is 2.86. The number of halogens is 3. The summed E-state index contributed by atoms with van der Waals surface area (Å²) in [5.74, 6) is 0.0841. The molecule has 0 aliphatic carbocycles. The first-order valence-corrected chi connectivity index (χ1v) is 3.57. The number of rotatable bonds is 1. The third kappa shape index (κ3) is 1.31. The van der Waals surface area contributed by atoms with Gasteiger partial charge in [-0.1, -0.05) is 34.8 Å². The zero-order chi connectivity index (χ0) is 8.43. The number of phenols is 1. The van der Waals surface area contributed by atoms with Crippen molar-refractivity contribution >= 4 is 34.8 Å². The average molecular weight is 198 g/mol. The molecule has 0 saturated carbocycles. The van der Waals surface area contributed by atoms with Crippen LogP contribution in [0.25, 0.3) is 0 Å². The van der Waals surface area contributed by atoms with Gasteiger partial charge >= 0.3 is 0 Å². The Labute approximate surface area is 74.6 Å². The van der Waals surface area contributed by atoms with E-state index in [1.807, 2.05) is 0 Å². The second-order valence-electron chi connectivity index (χ2n) is 1.67. The van der Waals surface area contributed by atoms with Gasteiger partial charge in [-0.3, -0.25) is 0 Å². The van der Waals surface area contributed by atoms with Crippen LogP contribution >= 0.6 is 34.8 Å². The Bertz CT molecular complexity index is 277. The topological polar surface area (TPSA) is 20.2 Å². The van der Waals surface area contributed by atoms with Crippen molar-refractivity contribution in [2.45, 2.75) is 0 Å². The zero-order valence-corrected chi connectivity index (χ0v) is 6.96. The molecule has 0 radical (unpaired) electrons. The van der Waals surface area contributed by atoms with E-state index in [2.05, 4.69) is 5.11 Å². The third-order valence-electron chi connectivity index (χ3n) is 1.00. The summed E-state index contributed by atoms with van der Waals surface area (Å²) in [6.07, 6.45) is 0. The smallest absolute Gasteiger partial charge is 0.293 e. The molecule has 54 valence electrons. The molecule has 0 heterocycles. The summed E-state index contributed by atoms with van der Waals surface area (Å²) in [6.45, 7) is 0. The fourth-order valence-corrected chi connectivity index (χ4v) is 1.03. The second kappa shape index (κ2) is 2.87. The molecule has 0 bridgehead atoms. The molecule has 1 rings (SSSR count). The van der Waals surface area contributed by atoms with Gasteiger partial charge in [0.05, 0.1) is 10.0 Å². The van der Waals surface area contributed by atoms with Gasteiger partial charge in [0.25, 0.3) is 1.43 Å². The first-order chi connectivity index (χ1) is 5.16. The van der Waals surface area contributed by atoms with Gasteiger partial charge in [0, 0.05) is 0 Å². The van der Waals surface area contributed by atoms with Crippen molar-refractivity contribution in [1.29, 1.82) is 1.43 Å². The van der Waals surface area contributed by atoms with Gasteiger partial charge in [0.2, 0.25) is 0 Å². The fraction of sp³-hybridized carbons (Fsp3) is 0. The lowest BCUT2D eigenvalue weighted by molar-refractivity contribution is 0.476. The van der Waals surface area contributed by atoms with Crippen LogP contribution in [0.15, 0.2) is 12.1 Å². The monoisotopic (exact) mass is 197 g/mol. The maximum Gasteiger partial charge on any atom is 0.293 e. The highest BCUT2D eigenvalue weighted by Crippen LogP contribution is 2.36. The van der Waals surface area contributed by atoms with E-state index in [-0.39, 0.29) is 15.8 Å². The average Bonchev–Trinajstić information content (AvgIpc) is 1.99. The maximum atomic E-state index is 6.59. The molecular formula is C6H3Cl3O. The molecule has 0 aliphatic rings. The quantitative estimate of drug-likeness (QED) is 0.686. The van der Waals surface area contributed by atoms with Crippen LogP contribution in [0, 0.1) is 0 Å². The molecule has 1 nitrogen and oxygen atoms in total. The molecule has 0 unspecified atom stereocenters. The largest absolute Gasteiger partial charge is 0.505 e. The molecule has 1 aromatic carbocycles. The molecular weight excluding hydrogens is 194 g/mol. The summed E-state index contributed by atoms with van der Waals surface area (Å²) in [5, 5.41) is 4.91. The molecule has 1 aromatic rings. The van der Waals surface area contributed by atoms with Crippen molar-refractivity contribution in [2.24, 2.45) is 0 Å². The minimum atomic E-state index is 0.0841. The molecule has 0 aromatic heterocycles. The van der Waals surface area contributed by atoms with E-state index >= 15 is 0 Å². The van der Waals surface area contributed by atoms with Crippen LogP contribution in [0.1, 0.15) is 0 Å². The molecule has 0 amide bonds. The van der Waals surface area contributed by atoms with Gasteiger partial charge in [-0.25, -0.2) is 0 Å². The Hall–Kier alpha value is -0.110. The van der Waals surface area contributed by atoms with Crippen LogP contribution in [0.3, 0.4) is 0 Å². The molecule has 0 atom stereocenters. The van der Waals surface area contributed by atoms with Crippen LogP contribution in [-0.4, -0.2) is 6.54 Å². The number of phenolic OH excluding ortho intramolecular Hbond substituents is 1. The first-order valence-electron chi connectivity index (χ1n) is 2.84. The Morgan fingerprint density at radius 1 is 1.20 bits per heavy atom. The van der Waals surface area contributed by atoms with E-state index in [1.165, 1.54) is 12.1 Å². The Morgan fingerprint density at radius 2 is 1.80 bits per heavy atom. The summed E-state index contributed by atoms with van der Waals surface area (Å²) in [4.78, 5) is 0. The van der Waals surface area contributed by atoms with Crippen LogP contribution in [0.4, 0.5) is 0 Å². The number of benzene rings is 1. The van der Waals surface area contributed by atoms with Crippen molar-refractivity contribution in [2.75, 3.05) is 0 Å². The number of hydrogen-bond donors (Lipinski definition) is 1. The Kier molecular flexibility index (Phi) is 1.89. The standard InChI is InChI=1S/C6H3Cl3O/c7-3-1-2-4(8)6(10)5(3)9/h1-2,10H/i/hD. The minimum absolute atomic E-state index is 0.0841. The van der Waals surface area contributed by atoms with Gasteiger partial charge in [-0.05, 0) is 12.1 Å². The van der Waals surface area contributed by atoms with Gasteiger partial charge in [-0.15, -0.1) is 0 Å². The molecule has 0 fully saturated rings. The van der Waals surface area contributed by atoms with Crippen LogP contribution in [-0.2, 0) is 0 Å². The third-order valence-corrected chi connectivity index (χ3v) is 2.09. The SMILES string of the molecule is [2H]Oc1c(Cl)ccc(Cl)c1Cl. The van der Waals surface area contributed by atoms with E-state index in [1.54, 1.807) is 0 Å². The van der Waals surface area contributed by atoms with Gasteiger partial charge in [-0.2, -0.15) is 0 Å². The van der Waals surface area contributed by atoms with E-state index in [4.69, 9.17) is 36.2 Å². The van der Waals surface area contributed by atoms with Crippen molar-refractivity contribution in [3.63, 3.8) is 0 Å². The van der Waals surface area contributed by atoms with E-state index in [0.29, 0.717) is 5.02 Å². The summed E-state index contributed by atoms with van der Waals surface area (Å²) in [6, 6.07) is 3.05. The summed E-state index contributed by atoms with van der Waals surface area (Å²) >= 11 is 16.9. The lowest BCUT2D eigenvalue weighted by Crippen LogP contribution is -1.71. The normalized spacial score (nSPS) is 10.9. The van der Waals surface area contributed by atoms with Gasteiger partial charge in [0.1, 0.15) is 5.02 Å². The highest BCUT2D eigenvalue weighted by atomic mass is 35.5. The van der Waals surface area contributed by atoms with Gasteiger partial charge in [0.15, 0.2) is 5.75 Å².